The van der Waals surface area contributed by atoms with Crippen molar-refractivity contribution < 1.29 is 13.6 Å². The highest BCUT2D eigenvalue weighted by atomic mass is 19.1. The monoisotopic (exact) mass is 224 g/mol. The lowest BCUT2D eigenvalue weighted by Gasteiger charge is -2.17. The number of rotatable bonds is 3. The average Bonchev–Trinajstić information content (AvgIpc) is 2.28. The molecule has 0 aliphatic heterocycles. The van der Waals surface area contributed by atoms with Gasteiger partial charge >= 0.3 is 0 Å². The number of amides is 1. The first-order valence-electron chi connectivity index (χ1n) is 4.71. The van der Waals surface area contributed by atoms with Crippen LogP contribution in [0.25, 0.3) is 0 Å². The number of benzene rings is 1. The van der Waals surface area contributed by atoms with Gasteiger partial charge in [-0.2, -0.15) is 5.26 Å². The fourth-order valence-electron chi connectivity index (χ4n) is 1.24. The Labute approximate surface area is 91.9 Å². The number of carbonyl (C=O) groups is 1. The lowest BCUT2D eigenvalue weighted by molar-refractivity contribution is 0.0779. The molecule has 1 aromatic rings. The summed E-state index contributed by atoms with van der Waals surface area (Å²) in [5.74, 6) is -2.15. The van der Waals surface area contributed by atoms with E-state index in [4.69, 9.17) is 5.26 Å². The third-order valence-corrected chi connectivity index (χ3v) is 2.09. The molecule has 0 aliphatic rings. The molecule has 0 atom stereocenters. The quantitative estimate of drug-likeness (QED) is 0.736. The van der Waals surface area contributed by atoms with E-state index >= 15 is 0 Å². The summed E-state index contributed by atoms with van der Waals surface area (Å²) in [6.07, 6.45) is 0. The van der Waals surface area contributed by atoms with Crippen LogP contribution in [-0.2, 0) is 0 Å². The second kappa shape index (κ2) is 5.21. The maximum atomic E-state index is 13.3. The summed E-state index contributed by atoms with van der Waals surface area (Å²) in [4.78, 5) is 12.8. The molecule has 0 saturated carbocycles. The van der Waals surface area contributed by atoms with Crippen LogP contribution in [-0.4, -0.2) is 23.9 Å². The largest absolute Gasteiger partial charge is 0.326 e. The molecule has 1 amide bonds. The normalized spacial score (nSPS) is 9.62. The molecule has 0 bridgehead atoms. The van der Waals surface area contributed by atoms with Gasteiger partial charge in [0.05, 0.1) is 11.6 Å². The van der Waals surface area contributed by atoms with Gasteiger partial charge in [0, 0.05) is 6.54 Å². The van der Waals surface area contributed by atoms with E-state index in [-0.39, 0.29) is 18.7 Å². The van der Waals surface area contributed by atoms with Gasteiger partial charge in [-0.1, -0.05) is 0 Å². The SMILES string of the molecule is CCN(CC#N)C(=O)c1cc(F)ccc1F. The summed E-state index contributed by atoms with van der Waals surface area (Å²) >= 11 is 0. The van der Waals surface area contributed by atoms with E-state index in [0.29, 0.717) is 0 Å². The van der Waals surface area contributed by atoms with Crippen molar-refractivity contribution in [2.45, 2.75) is 6.92 Å². The molecule has 1 rings (SSSR count). The summed E-state index contributed by atoms with van der Waals surface area (Å²) in [6.45, 7) is 1.78. The smallest absolute Gasteiger partial charge is 0.257 e. The maximum absolute atomic E-state index is 13.3. The fourth-order valence-corrected chi connectivity index (χ4v) is 1.24. The molecule has 84 valence electrons. The number of nitrogens with zero attached hydrogens (tertiary/aromatic N) is 2. The Hall–Kier alpha value is -1.96. The Morgan fingerprint density at radius 2 is 2.19 bits per heavy atom. The second-order valence-electron chi connectivity index (χ2n) is 3.10. The van der Waals surface area contributed by atoms with Crippen molar-refractivity contribution in [1.82, 2.24) is 4.90 Å². The predicted molar refractivity (Wildman–Crippen MR) is 53.5 cm³/mol. The van der Waals surface area contributed by atoms with Crippen molar-refractivity contribution >= 4 is 5.91 Å². The standard InChI is InChI=1S/C11H10F2N2O/c1-2-15(6-5-14)11(16)9-7-8(12)3-4-10(9)13/h3-4,7H,2,6H2,1H3. The van der Waals surface area contributed by atoms with Crippen molar-refractivity contribution in [3.05, 3.63) is 35.4 Å². The van der Waals surface area contributed by atoms with Gasteiger partial charge in [0.25, 0.3) is 5.91 Å². The highest BCUT2D eigenvalue weighted by Crippen LogP contribution is 2.12. The lowest BCUT2D eigenvalue weighted by atomic mass is 10.2. The van der Waals surface area contributed by atoms with Crippen molar-refractivity contribution in [2.24, 2.45) is 0 Å². The van der Waals surface area contributed by atoms with Gasteiger partial charge < -0.3 is 4.90 Å². The molecule has 0 saturated heterocycles. The average molecular weight is 224 g/mol. The first-order valence-corrected chi connectivity index (χ1v) is 4.71. The molecular weight excluding hydrogens is 214 g/mol. The summed E-state index contributed by atoms with van der Waals surface area (Å²) < 4.78 is 26.1. The Balaban J connectivity index is 3.03. The molecule has 5 heteroatoms. The van der Waals surface area contributed by atoms with Crippen LogP contribution in [0.4, 0.5) is 8.78 Å². The van der Waals surface area contributed by atoms with Crippen LogP contribution in [0.2, 0.25) is 0 Å². The Morgan fingerprint density at radius 1 is 1.50 bits per heavy atom. The molecule has 0 radical (unpaired) electrons. The third-order valence-electron chi connectivity index (χ3n) is 2.09. The van der Waals surface area contributed by atoms with Crippen LogP contribution < -0.4 is 0 Å². The number of hydrogen-bond acceptors (Lipinski definition) is 2. The molecule has 1 aromatic carbocycles. The van der Waals surface area contributed by atoms with E-state index in [9.17, 15) is 13.6 Å². The van der Waals surface area contributed by atoms with Gasteiger partial charge in [0.1, 0.15) is 18.2 Å². The summed E-state index contributed by atoms with van der Waals surface area (Å²) in [6, 6.07) is 4.45. The highest BCUT2D eigenvalue weighted by Gasteiger charge is 2.18. The summed E-state index contributed by atoms with van der Waals surface area (Å²) in [7, 11) is 0. The number of nitriles is 1. The van der Waals surface area contributed by atoms with Crippen LogP contribution in [0.5, 0.6) is 0 Å². The van der Waals surface area contributed by atoms with Crippen molar-refractivity contribution in [3.8, 4) is 6.07 Å². The Morgan fingerprint density at radius 3 is 2.75 bits per heavy atom. The van der Waals surface area contributed by atoms with Crippen LogP contribution >= 0.6 is 0 Å². The lowest BCUT2D eigenvalue weighted by Crippen LogP contribution is -2.31. The number of hydrogen-bond donors (Lipinski definition) is 0. The first kappa shape index (κ1) is 12.1. The van der Waals surface area contributed by atoms with Gasteiger partial charge in [0.2, 0.25) is 0 Å². The van der Waals surface area contributed by atoms with Gasteiger partial charge in [-0.15, -0.1) is 0 Å². The maximum Gasteiger partial charge on any atom is 0.257 e. The van der Waals surface area contributed by atoms with E-state index < -0.39 is 17.5 Å². The minimum atomic E-state index is -0.789. The molecule has 16 heavy (non-hydrogen) atoms. The summed E-state index contributed by atoms with van der Waals surface area (Å²) in [5.41, 5.74) is -0.350. The van der Waals surface area contributed by atoms with E-state index in [1.807, 2.05) is 0 Å². The molecule has 0 aliphatic carbocycles. The molecule has 0 spiro atoms. The van der Waals surface area contributed by atoms with E-state index in [1.165, 1.54) is 0 Å². The van der Waals surface area contributed by atoms with Gasteiger partial charge in [0.15, 0.2) is 0 Å². The number of carbonyl (C=O) groups excluding carboxylic acids is 1. The second-order valence-corrected chi connectivity index (χ2v) is 3.10. The van der Waals surface area contributed by atoms with Crippen LogP contribution in [0.15, 0.2) is 18.2 Å². The van der Waals surface area contributed by atoms with Crippen molar-refractivity contribution in [3.63, 3.8) is 0 Å². The van der Waals surface area contributed by atoms with E-state index in [0.717, 1.165) is 23.1 Å². The Bertz CT molecular complexity index is 440. The minimum Gasteiger partial charge on any atom is -0.326 e. The molecule has 0 aromatic heterocycles. The summed E-state index contributed by atoms with van der Waals surface area (Å²) in [5, 5.41) is 8.48. The number of halogens is 2. The zero-order valence-electron chi connectivity index (χ0n) is 8.70. The van der Waals surface area contributed by atoms with Gasteiger partial charge in [-0.05, 0) is 25.1 Å². The van der Waals surface area contributed by atoms with Gasteiger partial charge in [-0.25, -0.2) is 8.78 Å². The molecule has 0 unspecified atom stereocenters. The minimum absolute atomic E-state index is 0.148. The zero-order valence-corrected chi connectivity index (χ0v) is 8.70. The van der Waals surface area contributed by atoms with Crippen LogP contribution in [0.3, 0.4) is 0 Å². The molecule has 3 nitrogen and oxygen atoms in total. The molecular formula is C11H10F2N2O. The van der Waals surface area contributed by atoms with Crippen molar-refractivity contribution in [1.29, 1.82) is 5.26 Å². The topological polar surface area (TPSA) is 44.1 Å². The molecule has 0 N–H and O–H groups in total. The molecule has 0 heterocycles. The predicted octanol–water partition coefficient (Wildman–Crippen LogP) is 1.95. The highest BCUT2D eigenvalue weighted by molar-refractivity contribution is 5.94. The zero-order chi connectivity index (χ0) is 12.1. The van der Waals surface area contributed by atoms with E-state index in [2.05, 4.69) is 0 Å². The first-order chi connectivity index (χ1) is 7.60. The van der Waals surface area contributed by atoms with Crippen molar-refractivity contribution in [2.75, 3.05) is 13.1 Å². The molecule has 0 fully saturated rings. The van der Waals surface area contributed by atoms with Gasteiger partial charge in [-0.3, -0.25) is 4.79 Å². The van der Waals surface area contributed by atoms with Crippen LogP contribution in [0.1, 0.15) is 17.3 Å². The van der Waals surface area contributed by atoms with E-state index in [1.54, 1.807) is 13.0 Å². The Kier molecular flexibility index (Phi) is 3.95. The fraction of sp³-hybridized carbons (Fsp3) is 0.273. The third kappa shape index (κ3) is 2.54. The van der Waals surface area contributed by atoms with Crippen LogP contribution in [0, 0.1) is 23.0 Å².